The molecule has 1 atom stereocenters. The number of carbonyl (C=O) groups excluding carboxylic acids is 1. The van der Waals surface area contributed by atoms with E-state index in [9.17, 15) is 9.59 Å². The van der Waals surface area contributed by atoms with Crippen LogP contribution in [0.3, 0.4) is 0 Å². The summed E-state index contributed by atoms with van der Waals surface area (Å²) in [4.78, 5) is 37.5. The Kier molecular flexibility index (Phi) is 4.47. The molecule has 3 aromatic rings. The van der Waals surface area contributed by atoms with Crippen molar-refractivity contribution >= 4 is 33.1 Å². The van der Waals surface area contributed by atoms with Gasteiger partial charge in [0.2, 0.25) is 0 Å². The Balaban J connectivity index is 1.57. The van der Waals surface area contributed by atoms with Gasteiger partial charge in [0.1, 0.15) is 4.83 Å². The third-order valence-electron chi connectivity index (χ3n) is 5.21. The van der Waals surface area contributed by atoms with Gasteiger partial charge in [0.05, 0.1) is 16.6 Å². The Labute approximate surface area is 161 Å². The molecule has 0 bridgehead atoms. The fourth-order valence-corrected chi connectivity index (χ4v) is 4.77. The Morgan fingerprint density at radius 2 is 1.96 bits per heavy atom. The van der Waals surface area contributed by atoms with Gasteiger partial charge in [-0.2, -0.15) is 0 Å². The van der Waals surface area contributed by atoms with Gasteiger partial charge in [-0.1, -0.05) is 17.7 Å². The van der Waals surface area contributed by atoms with Crippen LogP contribution >= 0.6 is 11.3 Å². The number of aromatic nitrogens is 2. The SMILES string of the molecule is Cc1ccc(N2CCN(C(=O)c3sc4nc[nH]c(=O)c4c3C)[C@H](C)C2)cc1. The first kappa shape index (κ1) is 17.7. The number of piperazine rings is 1. The molecule has 2 aromatic heterocycles. The molecule has 1 aromatic carbocycles. The van der Waals surface area contributed by atoms with Crippen LogP contribution in [0, 0.1) is 13.8 Å². The van der Waals surface area contributed by atoms with Crippen LogP contribution in [0.5, 0.6) is 0 Å². The number of nitrogens with one attached hydrogen (secondary N) is 1. The summed E-state index contributed by atoms with van der Waals surface area (Å²) >= 11 is 1.30. The molecular formula is C20H22N4O2S. The second-order valence-corrected chi connectivity index (χ2v) is 8.10. The Morgan fingerprint density at radius 3 is 2.63 bits per heavy atom. The number of aromatic amines is 1. The normalized spacial score (nSPS) is 17.5. The molecule has 6 nitrogen and oxygen atoms in total. The quantitative estimate of drug-likeness (QED) is 0.740. The van der Waals surface area contributed by atoms with E-state index in [-0.39, 0.29) is 17.5 Å². The average molecular weight is 382 g/mol. The van der Waals surface area contributed by atoms with E-state index in [4.69, 9.17) is 0 Å². The maximum Gasteiger partial charge on any atom is 0.264 e. The predicted octanol–water partition coefficient (Wildman–Crippen LogP) is 2.95. The molecule has 0 saturated carbocycles. The molecule has 7 heteroatoms. The fraction of sp³-hybridized carbons (Fsp3) is 0.350. The van der Waals surface area contributed by atoms with Gasteiger partial charge in [-0.05, 0) is 38.5 Å². The van der Waals surface area contributed by atoms with E-state index in [1.165, 1.54) is 28.9 Å². The second-order valence-electron chi connectivity index (χ2n) is 7.10. The summed E-state index contributed by atoms with van der Waals surface area (Å²) in [5, 5.41) is 0.525. The number of benzene rings is 1. The number of anilines is 1. The van der Waals surface area contributed by atoms with E-state index >= 15 is 0 Å². The van der Waals surface area contributed by atoms with Crippen LogP contribution in [0.15, 0.2) is 35.4 Å². The van der Waals surface area contributed by atoms with Crippen LogP contribution in [-0.2, 0) is 0 Å². The van der Waals surface area contributed by atoms with Crippen LogP contribution < -0.4 is 10.5 Å². The highest BCUT2D eigenvalue weighted by Gasteiger charge is 2.30. The summed E-state index contributed by atoms with van der Waals surface area (Å²) in [6.07, 6.45) is 1.39. The number of H-pyrrole nitrogens is 1. The number of aryl methyl sites for hydroxylation is 2. The molecule has 0 spiro atoms. The molecule has 1 aliphatic heterocycles. The highest BCUT2D eigenvalue weighted by atomic mass is 32.1. The van der Waals surface area contributed by atoms with Crippen molar-refractivity contribution in [3.63, 3.8) is 0 Å². The number of hydrogen-bond donors (Lipinski definition) is 1. The molecule has 140 valence electrons. The zero-order chi connectivity index (χ0) is 19.1. The van der Waals surface area contributed by atoms with Crippen molar-refractivity contribution in [2.24, 2.45) is 0 Å². The number of hydrogen-bond acceptors (Lipinski definition) is 5. The van der Waals surface area contributed by atoms with Gasteiger partial charge in [-0.15, -0.1) is 11.3 Å². The molecule has 0 unspecified atom stereocenters. The summed E-state index contributed by atoms with van der Waals surface area (Å²) in [5.41, 5.74) is 2.96. The smallest absolute Gasteiger partial charge is 0.264 e. The molecule has 0 radical (unpaired) electrons. The third kappa shape index (κ3) is 3.12. The maximum atomic E-state index is 13.2. The van der Waals surface area contributed by atoms with Crippen molar-refractivity contribution < 1.29 is 4.79 Å². The molecule has 1 aliphatic rings. The average Bonchev–Trinajstić information content (AvgIpc) is 3.00. The molecular weight excluding hydrogens is 360 g/mol. The monoisotopic (exact) mass is 382 g/mol. The molecule has 1 N–H and O–H groups in total. The van der Waals surface area contributed by atoms with Crippen molar-refractivity contribution in [1.82, 2.24) is 14.9 Å². The van der Waals surface area contributed by atoms with Gasteiger partial charge in [0, 0.05) is 31.4 Å². The van der Waals surface area contributed by atoms with E-state index in [0.717, 1.165) is 18.7 Å². The standard InChI is InChI=1S/C20H22N4O2S/c1-12-4-6-15(7-5-12)23-8-9-24(13(2)10-23)20(26)17-14(3)16-18(25)21-11-22-19(16)27-17/h4-7,11,13H,8-10H2,1-3H3,(H,21,22,25)/t13-/m1/s1. The lowest BCUT2D eigenvalue weighted by atomic mass is 10.1. The van der Waals surface area contributed by atoms with Crippen molar-refractivity contribution in [3.8, 4) is 0 Å². The predicted molar refractivity (Wildman–Crippen MR) is 109 cm³/mol. The van der Waals surface area contributed by atoms with Crippen LogP contribution in [-0.4, -0.2) is 46.5 Å². The van der Waals surface area contributed by atoms with Crippen molar-refractivity contribution in [2.75, 3.05) is 24.5 Å². The van der Waals surface area contributed by atoms with Crippen molar-refractivity contribution in [2.45, 2.75) is 26.8 Å². The second kappa shape index (κ2) is 6.81. The van der Waals surface area contributed by atoms with E-state index in [1.807, 2.05) is 11.8 Å². The summed E-state index contributed by atoms with van der Waals surface area (Å²) in [5.74, 6) is -0.00837. The van der Waals surface area contributed by atoms with E-state index in [1.54, 1.807) is 0 Å². The first-order chi connectivity index (χ1) is 13.0. The first-order valence-corrected chi connectivity index (χ1v) is 9.86. The van der Waals surface area contributed by atoms with Crippen molar-refractivity contribution in [3.05, 3.63) is 57.0 Å². The summed E-state index contributed by atoms with van der Waals surface area (Å²) < 4.78 is 0. The Hall–Kier alpha value is -2.67. The fourth-order valence-electron chi connectivity index (χ4n) is 3.66. The maximum absolute atomic E-state index is 13.2. The van der Waals surface area contributed by atoms with E-state index in [2.05, 4.69) is 53.0 Å². The molecule has 27 heavy (non-hydrogen) atoms. The molecule has 1 amide bonds. The van der Waals surface area contributed by atoms with Crippen LogP contribution in [0.4, 0.5) is 5.69 Å². The number of rotatable bonds is 2. The van der Waals surface area contributed by atoms with Crippen LogP contribution in [0.2, 0.25) is 0 Å². The zero-order valence-corrected chi connectivity index (χ0v) is 16.5. The number of fused-ring (bicyclic) bond motifs is 1. The van der Waals surface area contributed by atoms with E-state index < -0.39 is 0 Å². The first-order valence-electron chi connectivity index (χ1n) is 9.05. The number of nitrogens with zero attached hydrogens (tertiary/aromatic N) is 3. The summed E-state index contributed by atoms with van der Waals surface area (Å²) in [7, 11) is 0. The highest BCUT2D eigenvalue weighted by Crippen LogP contribution is 2.29. The lowest BCUT2D eigenvalue weighted by Gasteiger charge is -2.41. The lowest BCUT2D eigenvalue weighted by Crippen LogP contribution is -2.54. The van der Waals surface area contributed by atoms with Crippen molar-refractivity contribution in [1.29, 1.82) is 0 Å². The van der Waals surface area contributed by atoms with E-state index in [0.29, 0.717) is 21.6 Å². The largest absolute Gasteiger partial charge is 0.368 e. The van der Waals surface area contributed by atoms with Gasteiger partial charge < -0.3 is 14.8 Å². The van der Waals surface area contributed by atoms with Gasteiger partial charge in [-0.25, -0.2) is 4.98 Å². The van der Waals surface area contributed by atoms with Gasteiger partial charge in [0.25, 0.3) is 11.5 Å². The molecule has 4 rings (SSSR count). The molecule has 1 fully saturated rings. The highest BCUT2D eigenvalue weighted by molar-refractivity contribution is 7.20. The topological polar surface area (TPSA) is 69.3 Å². The zero-order valence-electron chi connectivity index (χ0n) is 15.7. The molecule has 1 saturated heterocycles. The van der Waals surface area contributed by atoms with Crippen LogP contribution in [0.1, 0.15) is 27.7 Å². The lowest BCUT2D eigenvalue weighted by molar-refractivity contribution is 0.0678. The van der Waals surface area contributed by atoms with Gasteiger partial charge in [0.15, 0.2) is 0 Å². The summed E-state index contributed by atoms with van der Waals surface area (Å²) in [6, 6.07) is 8.58. The minimum Gasteiger partial charge on any atom is -0.368 e. The molecule has 0 aliphatic carbocycles. The minimum atomic E-state index is -0.190. The number of amides is 1. The summed E-state index contributed by atoms with van der Waals surface area (Å²) in [6.45, 7) is 8.23. The third-order valence-corrected chi connectivity index (χ3v) is 6.40. The van der Waals surface area contributed by atoms with Gasteiger partial charge in [-0.3, -0.25) is 9.59 Å². The minimum absolute atomic E-state index is 0.00837. The Bertz CT molecular complexity index is 1050. The van der Waals surface area contributed by atoms with Gasteiger partial charge >= 0.3 is 0 Å². The Morgan fingerprint density at radius 1 is 1.22 bits per heavy atom. The number of carbonyl (C=O) groups is 1. The van der Waals surface area contributed by atoms with Crippen LogP contribution in [0.25, 0.3) is 10.2 Å². The number of thiophene rings is 1. The molecule has 3 heterocycles.